The molecule has 0 radical (unpaired) electrons. The average molecular weight is 215 g/mol. The first kappa shape index (κ1) is 10.3. The van der Waals surface area contributed by atoms with Gasteiger partial charge in [0.15, 0.2) is 0 Å². The Morgan fingerprint density at radius 1 is 1.20 bits per heavy atom. The van der Waals surface area contributed by atoms with Crippen molar-refractivity contribution in [2.75, 3.05) is 5.32 Å². The fourth-order valence-corrected chi connectivity index (χ4v) is 1.89. The predicted molar refractivity (Wildman–Crippen MR) is 52.9 cm³/mol. The highest BCUT2D eigenvalue weighted by Gasteiger charge is 2.33. The van der Waals surface area contributed by atoms with Crippen LogP contribution >= 0.6 is 0 Å². The van der Waals surface area contributed by atoms with Crippen molar-refractivity contribution in [2.24, 2.45) is 0 Å². The van der Waals surface area contributed by atoms with Crippen molar-refractivity contribution in [1.82, 2.24) is 0 Å². The highest BCUT2D eigenvalue weighted by molar-refractivity contribution is 5.60. The lowest BCUT2D eigenvalue weighted by atomic mass is 9.97. The second-order valence-corrected chi connectivity index (χ2v) is 4.02. The van der Waals surface area contributed by atoms with E-state index in [1.54, 1.807) is 0 Å². The molecule has 0 saturated carbocycles. The maximum atomic E-state index is 12.5. The maximum absolute atomic E-state index is 12.5. The summed E-state index contributed by atoms with van der Waals surface area (Å²) in [5.41, 5.74) is 1.02. The van der Waals surface area contributed by atoms with Gasteiger partial charge in [-0.25, -0.2) is 0 Å². The Morgan fingerprint density at radius 3 is 2.47 bits per heavy atom. The molecule has 1 aliphatic heterocycles. The Labute approximate surface area is 86.3 Å². The van der Waals surface area contributed by atoms with Gasteiger partial charge >= 0.3 is 6.18 Å². The second-order valence-electron chi connectivity index (χ2n) is 4.02. The molecule has 0 fully saturated rings. The van der Waals surface area contributed by atoms with Crippen LogP contribution in [0.3, 0.4) is 0 Å². The topological polar surface area (TPSA) is 12.0 Å². The molecule has 0 spiro atoms. The van der Waals surface area contributed by atoms with Crippen LogP contribution in [0, 0.1) is 0 Å². The normalized spacial score (nSPS) is 24.9. The molecule has 1 heterocycles. The van der Waals surface area contributed by atoms with Crippen molar-refractivity contribution in [3.05, 3.63) is 29.3 Å². The van der Waals surface area contributed by atoms with Gasteiger partial charge in [0, 0.05) is 17.6 Å². The van der Waals surface area contributed by atoms with Crippen LogP contribution in [0.1, 0.15) is 30.9 Å². The Morgan fingerprint density at radius 2 is 1.87 bits per heavy atom. The number of alkyl halides is 3. The smallest absolute Gasteiger partial charge is 0.382 e. The zero-order valence-corrected chi connectivity index (χ0v) is 8.52. The Kier molecular flexibility index (Phi) is 2.17. The standard InChI is InChI=1S/C11H12F3N/c1-6-7(2)15-10-4-3-8(5-9(6)10)11(12,13)14/h3-7,15H,1-2H3. The second kappa shape index (κ2) is 3.15. The number of hydrogen-bond donors (Lipinski definition) is 1. The van der Waals surface area contributed by atoms with E-state index in [-0.39, 0.29) is 12.0 Å². The zero-order valence-electron chi connectivity index (χ0n) is 8.52. The van der Waals surface area contributed by atoms with E-state index < -0.39 is 11.7 Å². The highest BCUT2D eigenvalue weighted by atomic mass is 19.4. The van der Waals surface area contributed by atoms with Crippen LogP contribution in [-0.4, -0.2) is 6.04 Å². The molecule has 4 heteroatoms. The van der Waals surface area contributed by atoms with Gasteiger partial charge in [0.2, 0.25) is 0 Å². The van der Waals surface area contributed by atoms with Crippen molar-refractivity contribution in [2.45, 2.75) is 32.0 Å². The molecule has 2 rings (SSSR count). The molecule has 0 aliphatic carbocycles. The van der Waals surface area contributed by atoms with Crippen LogP contribution < -0.4 is 5.32 Å². The molecule has 0 aromatic heterocycles. The van der Waals surface area contributed by atoms with Crippen molar-refractivity contribution in [3.63, 3.8) is 0 Å². The first-order valence-corrected chi connectivity index (χ1v) is 4.87. The number of halogens is 3. The maximum Gasteiger partial charge on any atom is 0.416 e. The third-order valence-electron chi connectivity index (χ3n) is 3.00. The van der Waals surface area contributed by atoms with Gasteiger partial charge in [0.1, 0.15) is 0 Å². The Hall–Kier alpha value is -1.19. The summed E-state index contributed by atoms with van der Waals surface area (Å²) in [4.78, 5) is 0. The molecule has 2 unspecified atom stereocenters. The minimum Gasteiger partial charge on any atom is -0.382 e. The lowest BCUT2D eigenvalue weighted by Gasteiger charge is -2.10. The van der Waals surface area contributed by atoms with Crippen molar-refractivity contribution >= 4 is 5.69 Å². The van der Waals surface area contributed by atoms with Crippen molar-refractivity contribution in [3.8, 4) is 0 Å². The molecule has 0 amide bonds. The summed E-state index contributed by atoms with van der Waals surface area (Å²) in [5.74, 6) is 0.127. The molecule has 82 valence electrons. The number of benzene rings is 1. The highest BCUT2D eigenvalue weighted by Crippen LogP contribution is 2.39. The number of nitrogens with one attached hydrogen (secondary N) is 1. The number of anilines is 1. The minimum absolute atomic E-state index is 0.127. The van der Waals surface area contributed by atoms with E-state index in [2.05, 4.69) is 5.32 Å². The first-order chi connectivity index (χ1) is 6.89. The molecule has 1 aromatic carbocycles. The quantitative estimate of drug-likeness (QED) is 0.696. The van der Waals surface area contributed by atoms with Crippen LogP contribution in [0.5, 0.6) is 0 Å². The molecular weight excluding hydrogens is 203 g/mol. The summed E-state index contributed by atoms with van der Waals surface area (Å²) in [7, 11) is 0. The van der Waals surface area contributed by atoms with Crippen molar-refractivity contribution in [1.29, 1.82) is 0 Å². The molecule has 2 atom stereocenters. The van der Waals surface area contributed by atoms with Crippen LogP contribution in [0.25, 0.3) is 0 Å². The van der Waals surface area contributed by atoms with E-state index in [0.717, 1.165) is 17.3 Å². The SMILES string of the molecule is CC1Nc2ccc(C(F)(F)F)cc2C1C. The van der Waals surface area contributed by atoms with Gasteiger partial charge in [-0.05, 0) is 30.7 Å². The average Bonchev–Trinajstić information content (AvgIpc) is 2.41. The Balaban J connectivity index is 2.44. The molecule has 1 aliphatic rings. The monoisotopic (exact) mass is 215 g/mol. The summed E-state index contributed by atoms with van der Waals surface area (Å²) in [6.07, 6.45) is -4.25. The fraction of sp³-hybridized carbons (Fsp3) is 0.455. The van der Waals surface area contributed by atoms with E-state index in [9.17, 15) is 13.2 Å². The third-order valence-corrected chi connectivity index (χ3v) is 3.00. The molecule has 1 nitrogen and oxygen atoms in total. The number of fused-ring (bicyclic) bond motifs is 1. The van der Waals surface area contributed by atoms with Gasteiger partial charge in [-0.1, -0.05) is 6.92 Å². The number of rotatable bonds is 0. The van der Waals surface area contributed by atoms with E-state index in [4.69, 9.17) is 0 Å². The summed E-state index contributed by atoms with van der Waals surface area (Å²) in [6.45, 7) is 3.90. The molecule has 15 heavy (non-hydrogen) atoms. The molecule has 1 aromatic rings. The summed E-state index contributed by atoms with van der Waals surface area (Å²) >= 11 is 0. The van der Waals surface area contributed by atoms with Crippen molar-refractivity contribution < 1.29 is 13.2 Å². The molecular formula is C11H12F3N. The van der Waals surface area contributed by atoms with Gasteiger partial charge < -0.3 is 5.32 Å². The molecule has 1 N–H and O–H groups in total. The lowest BCUT2D eigenvalue weighted by molar-refractivity contribution is -0.137. The number of hydrogen-bond acceptors (Lipinski definition) is 1. The van der Waals surface area contributed by atoms with Gasteiger partial charge in [0.25, 0.3) is 0 Å². The zero-order chi connectivity index (χ0) is 11.2. The molecule has 0 saturated heterocycles. The van der Waals surface area contributed by atoms with E-state index in [1.165, 1.54) is 12.1 Å². The van der Waals surface area contributed by atoms with Gasteiger partial charge in [-0.2, -0.15) is 13.2 Å². The fourth-order valence-electron chi connectivity index (χ4n) is 1.89. The van der Waals surface area contributed by atoms with Crippen LogP contribution in [0.2, 0.25) is 0 Å². The van der Waals surface area contributed by atoms with Gasteiger partial charge in [0.05, 0.1) is 5.56 Å². The predicted octanol–water partition coefficient (Wildman–Crippen LogP) is 3.62. The van der Waals surface area contributed by atoms with E-state index >= 15 is 0 Å². The first-order valence-electron chi connectivity index (χ1n) is 4.87. The summed E-state index contributed by atoms with van der Waals surface area (Å²) in [6, 6.07) is 4.08. The van der Waals surface area contributed by atoms with Crippen LogP contribution in [0.15, 0.2) is 18.2 Å². The van der Waals surface area contributed by atoms with E-state index in [1.807, 2.05) is 13.8 Å². The largest absolute Gasteiger partial charge is 0.416 e. The minimum atomic E-state index is -4.25. The van der Waals surface area contributed by atoms with E-state index in [0.29, 0.717) is 0 Å². The van der Waals surface area contributed by atoms with Gasteiger partial charge in [-0.3, -0.25) is 0 Å². The van der Waals surface area contributed by atoms with Crippen LogP contribution in [-0.2, 0) is 6.18 Å². The van der Waals surface area contributed by atoms with Gasteiger partial charge in [-0.15, -0.1) is 0 Å². The van der Waals surface area contributed by atoms with Crippen LogP contribution in [0.4, 0.5) is 18.9 Å². The summed E-state index contributed by atoms with van der Waals surface area (Å²) in [5, 5.41) is 3.16. The summed E-state index contributed by atoms with van der Waals surface area (Å²) < 4.78 is 37.4. The third kappa shape index (κ3) is 1.68. The lowest BCUT2D eigenvalue weighted by Crippen LogP contribution is -2.12. The Bertz CT molecular complexity index is 384. The molecule has 0 bridgehead atoms.